The van der Waals surface area contributed by atoms with E-state index in [9.17, 15) is 5.11 Å². The first-order chi connectivity index (χ1) is 8.27. The summed E-state index contributed by atoms with van der Waals surface area (Å²) < 4.78 is 5.27. The van der Waals surface area contributed by atoms with E-state index in [1.54, 1.807) is 25.3 Å². The van der Waals surface area contributed by atoms with Crippen LogP contribution in [0.1, 0.15) is 5.56 Å². The summed E-state index contributed by atoms with van der Waals surface area (Å²) in [7, 11) is 1.59. The molecule has 0 atom stereocenters. The van der Waals surface area contributed by atoms with E-state index in [0.717, 1.165) is 5.56 Å². The average molecular weight is 224 g/mol. The molecule has 0 fully saturated rings. The predicted molar refractivity (Wildman–Crippen MR) is 68.0 cm³/mol. The number of methoxy groups -OCH3 is 1. The van der Waals surface area contributed by atoms with Crippen molar-refractivity contribution in [2.24, 2.45) is 0 Å². The van der Waals surface area contributed by atoms with Gasteiger partial charge in [0, 0.05) is 16.7 Å². The van der Waals surface area contributed by atoms with Gasteiger partial charge in [0.25, 0.3) is 0 Å². The van der Waals surface area contributed by atoms with Gasteiger partial charge in [-0.15, -0.1) is 6.42 Å². The highest BCUT2D eigenvalue weighted by molar-refractivity contribution is 5.80. The molecule has 0 aliphatic heterocycles. The standard InChI is InChI=1S/C15H12O2/c1-3-11-7-6-9-13(16)15(11)12-8-4-5-10-14(12)17-2/h1,4-10,16H,2H3. The van der Waals surface area contributed by atoms with Crippen molar-refractivity contribution in [1.29, 1.82) is 0 Å². The van der Waals surface area contributed by atoms with Crippen LogP contribution in [-0.4, -0.2) is 12.2 Å². The van der Waals surface area contributed by atoms with Crippen LogP contribution in [0.5, 0.6) is 11.5 Å². The van der Waals surface area contributed by atoms with Crippen molar-refractivity contribution in [3.8, 4) is 35.0 Å². The first-order valence-electron chi connectivity index (χ1n) is 5.20. The fourth-order valence-corrected chi connectivity index (χ4v) is 1.79. The summed E-state index contributed by atoms with van der Waals surface area (Å²) in [6.45, 7) is 0. The topological polar surface area (TPSA) is 29.5 Å². The first-order valence-corrected chi connectivity index (χ1v) is 5.20. The second kappa shape index (κ2) is 4.63. The zero-order chi connectivity index (χ0) is 12.3. The third-order valence-corrected chi connectivity index (χ3v) is 2.57. The highest BCUT2D eigenvalue weighted by atomic mass is 16.5. The molecule has 1 N–H and O–H groups in total. The Balaban J connectivity index is 2.73. The molecule has 0 bridgehead atoms. The maximum Gasteiger partial charge on any atom is 0.126 e. The molecule has 84 valence electrons. The van der Waals surface area contributed by atoms with Gasteiger partial charge in [-0.25, -0.2) is 0 Å². The van der Waals surface area contributed by atoms with Gasteiger partial charge < -0.3 is 9.84 Å². The van der Waals surface area contributed by atoms with E-state index < -0.39 is 0 Å². The number of rotatable bonds is 2. The summed E-state index contributed by atoms with van der Waals surface area (Å²) >= 11 is 0. The van der Waals surface area contributed by atoms with Gasteiger partial charge in [0.2, 0.25) is 0 Å². The monoisotopic (exact) mass is 224 g/mol. The summed E-state index contributed by atoms with van der Waals surface area (Å²) in [6.07, 6.45) is 5.45. The number of benzene rings is 2. The van der Waals surface area contributed by atoms with Crippen molar-refractivity contribution < 1.29 is 9.84 Å². The van der Waals surface area contributed by atoms with Crippen molar-refractivity contribution in [2.75, 3.05) is 7.11 Å². The summed E-state index contributed by atoms with van der Waals surface area (Å²) in [5.74, 6) is 3.41. The molecule has 0 saturated carbocycles. The van der Waals surface area contributed by atoms with E-state index in [1.165, 1.54) is 0 Å². The lowest BCUT2D eigenvalue weighted by molar-refractivity contribution is 0.415. The van der Waals surface area contributed by atoms with Crippen LogP contribution in [0.3, 0.4) is 0 Å². The van der Waals surface area contributed by atoms with Gasteiger partial charge in [-0.3, -0.25) is 0 Å². The van der Waals surface area contributed by atoms with Crippen LogP contribution in [0, 0.1) is 12.3 Å². The summed E-state index contributed by atoms with van der Waals surface area (Å²) in [5, 5.41) is 9.94. The van der Waals surface area contributed by atoms with Crippen LogP contribution >= 0.6 is 0 Å². The largest absolute Gasteiger partial charge is 0.507 e. The minimum Gasteiger partial charge on any atom is -0.507 e. The SMILES string of the molecule is C#Cc1cccc(O)c1-c1ccccc1OC. The third-order valence-electron chi connectivity index (χ3n) is 2.57. The lowest BCUT2D eigenvalue weighted by atomic mass is 9.98. The van der Waals surface area contributed by atoms with E-state index in [-0.39, 0.29) is 5.75 Å². The Morgan fingerprint density at radius 3 is 2.59 bits per heavy atom. The van der Waals surface area contributed by atoms with E-state index in [0.29, 0.717) is 16.9 Å². The molecule has 0 radical (unpaired) electrons. The van der Waals surface area contributed by atoms with Gasteiger partial charge in [0.05, 0.1) is 7.11 Å². The van der Waals surface area contributed by atoms with Gasteiger partial charge in [-0.2, -0.15) is 0 Å². The minimum atomic E-state index is 0.157. The zero-order valence-corrected chi connectivity index (χ0v) is 9.47. The second-order valence-corrected chi connectivity index (χ2v) is 3.54. The molecule has 2 nitrogen and oxygen atoms in total. The Bertz CT molecular complexity index is 580. The molecular weight excluding hydrogens is 212 g/mol. The molecule has 0 saturated heterocycles. The lowest BCUT2D eigenvalue weighted by Crippen LogP contribution is -1.90. The summed E-state index contributed by atoms with van der Waals surface area (Å²) in [6, 6.07) is 12.6. The molecule has 2 rings (SSSR count). The number of hydrogen-bond acceptors (Lipinski definition) is 2. The Morgan fingerprint density at radius 2 is 1.88 bits per heavy atom. The van der Waals surface area contributed by atoms with Crippen LogP contribution in [-0.2, 0) is 0 Å². The van der Waals surface area contributed by atoms with E-state index in [2.05, 4.69) is 5.92 Å². The number of ether oxygens (including phenoxy) is 1. The van der Waals surface area contributed by atoms with Crippen molar-refractivity contribution in [3.05, 3.63) is 48.0 Å². The second-order valence-electron chi connectivity index (χ2n) is 3.54. The summed E-state index contributed by atoms with van der Waals surface area (Å²) in [4.78, 5) is 0. The van der Waals surface area contributed by atoms with Crippen molar-refractivity contribution in [1.82, 2.24) is 0 Å². The maximum atomic E-state index is 9.94. The number of hydrogen-bond donors (Lipinski definition) is 1. The molecule has 0 heterocycles. The van der Waals surface area contributed by atoms with Crippen LogP contribution in [0.2, 0.25) is 0 Å². The average Bonchev–Trinajstić information content (AvgIpc) is 2.38. The van der Waals surface area contributed by atoms with Gasteiger partial charge in [-0.05, 0) is 18.2 Å². The highest BCUT2D eigenvalue weighted by Gasteiger charge is 2.12. The van der Waals surface area contributed by atoms with Crippen LogP contribution < -0.4 is 4.74 Å². The number of phenolic OH excluding ortho intramolecular Hbond substituents is 1. The Labute approximate surface area is 100 Å². The van der Waals surface area contributed by atoms with E-state index in [4.69, 9.17) is 11.2 Å². The van der Waals surface area contributed by atoms with Crippen molar-refractivity contribution in [2.45, 2.75) is 0 Å². The molecule has 0 aliphatic carbocycles. The normalized spacial score (nSPS) is 9.65. The van der Waals surface area contributed by atoms with Gasteiger partial charge in [0.1, 0.15) is 11.5 Å². The molecule has 0 unspecified atom stereocenters. The molecule has 0 aromatic heterocycles. The predicted octanol–water partition coefficient (Wildman–Crippen LogP) is 3.05. The van der Waals surface area contributed by atoms with Crippen LogP contribution in [0.4, 0.5) is 0 Å². The maximum absolute atomic E-state index is 9.94. The molecule has 0 amide bonds. The molecule has 0 aliphatic rings. The molecule has 17 heavy (non-hydrogen) atoms. The number of para-hydroxylation sites is 1. The number of phenols is 1. The van der Waals surface area contributed by atoms with Gasteiger partial charge in [0.15, 0.2) is 0 Å². The Morgan fingerprint density at radius 1 is 1.12 bits per heavy atom. The molecule has 2 heteroatoms. The molecule has 0 spiro atoms. The number of aromatic hydroxyl groups is 1. The minimum absolute atomic E-state index is 0.157. The van der Waals surface area contributed by atoms with Crippen LogP contribution in [0.15, 0.2) is 42.5 Å². The quantitative estimate of drug-likeness (QED) is 0.794. The van der Waals surface area contributed by atoms with Gasteiger partial charge >= 0.3 is 0 Å². The van der Waals surface area contributed by atoms with Crippen molar-refractivity contribution in [3.63, 3.8) is 0 Å². The lowest BCUT2D eigenvalue weighted by Gasteiger charge is -2.11. The molecule has 2 aromatic rings. The molecule has 2 aromatic carbocycles. The van der Waals surface area contributed by atoms with E-state index >= 15 is 0 Å². The van der Waals surface area contributed by atoms with Crippen molar-refractivity contribution >= 4 is 0 Å². The fraction of sp³-hybridized carbons (Fsp3) is 0.0667. The first kappa shape index (κ1) is 11.1. The Hall–Kier alpha value is -2.40. The summed E-state index contributed by atoms with van der Waals surface area (Å²) in [5.41, 5.74) is 2.07. The Kier molecular flexibility index (Phi) is 3.02. The van der Waals surface area contributed by atoms with Crippen LogP contribution in [0.25, 0.3) is 11.1 Å². The smallest absolute Gasteiger partial charge is 0.126 e. The molecular formula is C15H12O2. The highest BCUT2D eigenvalue weighted by Crippen LogP contribution is 2.37. The third kappa shape index (κ3) is 1.95. The zero-order valence-electron chi connectivity index (χ0n) is 9.47. The van der Waals surface area contributed by atoms with E-state index in [1.807, 2.05) is 24.3 Å². The number of terminal acetylenes is 1. The van der Waals surface area contributed by atoms with Gasteiger partial charge in [-0.1, -0.05) is 30.2 Å². The fourth-order valence-electron chi connectivity index (χ4n) is 1.79.